The van der Waals surface area contributed by atoms with Crippen molar-refractivity contribution in [2.75, 3.05) is 19.8 Å². The smallest absolute Gasteiger partial charge is 0.104 e. The average molecular weight is 339 g/mol. The number of rotatable bonds is 14. The second kappa shape index (κ2) is 11.1. The monoisotopic (exact) mass is 338 g/mol. The van der Waals surface area contributed by atoms with Crippen LogP contribution in [0.1, 0.15) is 84.0 Å². The van der Waals surface area contributed by atoms with Gasteiger partial charge in [0.2, 0.25) is 0 Å². The third kappa shape index (κ3) is 6.76. The first-order valence-corrected chi connectivity index (χ1v) is 10.3. The molecule has 1 saturated carbocycles. The third-order valence-corrected chi connectivity index (χ3v) is 5.74. The van der Waals surface area contributed by atoms with E-state index in [2.05, 4.69) is 13.5 Å². The Bertz CT molecular complexity index is 334. The van der Waals surface area contributed by atoms with Crippen LogP contribution in [0.5, 0.6) is 0 Å². The molecule has 2 unspecified atom stereocenters. The molecule has 1 aliphatic heterocycles. The standard InChI is InChI=1S/C21H38O3/c1-3-5-14-21(24-18-20-17-23-20,19-12-8-6-9-13-19)15-10-7-11-16-22-4-2/h4,19-20H,2-3,5-18H2,1H3. The first-order chi connectivity index (χ1) is 11.8. The maximum atomic E-state index is 6.65. The molecule has 0 amide bonds. The highest BCUT2D eigenvalue weighted by Crippen LogP contribution is 2.42. The van der Waals surface area contributed by atoms with Gasteiger partial charge in [-0.05, 0) is 44.4 Å². The van der Waals surface area contributed by atoms with Crippen LogP contribution in [-0.4, -0.2) is 31.5 Å². The second-order valence-corrected chi connectivity index (χ2v) is 7.62. The molecule has 1 aliphatic carbocycles. The first-order valence-electron chi connectivity index (χ1n) is 10.3. The first kappa shape index (κ1) is 19.8. The van der Waals surface area contributed by atoms with E-state index in [1.54, 1.807) is 6.26 Å². The lowest BCUT2D eigenvalue weighted by Gasteiger charge is -2.43. The minimum absolute atomic E-state index is 0.0989. The molecule has 2 aliphatic rings. The molecule has 2 rings (SSSR count). The number of ether oxygens (including phenoxy) is 3. The molecule has 24 heavy (non-hydrogen) atoms. The highest BCUT2D eigenvalue weighted by molar-refractivity contribution is 4.91. The lowest BCUT2D eigenvalue weighted by molar-refractivity contribution is -0.113. The molecule has 0 bridgehead atoms. The summed E-state index contributed by atoms with van der Waals surface area (Å²) in [6.45, 7) is 8.40. The Morgan fingerprint density at radius 3 is 2.50 bits per heavy atom. The molecule has 140 valence electrons. The van der Waals surface area contributed by atoms with E-state index in [0.29, 0.717) is 6.10 Å². The summed E-state index contributed by atoms with van der Waals surface area (Å²) >= 11 is 0. The fourth-order valence-corrected chi connectivity index (χ4v) is 4.19. The summed E-state index contributed by atoms with van der Waals surface area (Å²) in [6, 6.07) is 0. The zero-order chi connectivity index (χ0) is 17.1. The van der Waals surface area contributed by atoms with Gasteiger partial charge in [-0.2, -0.15) is 0 Å². The van der Waals surface area contributed by atoms with E-state index in [1.807, 2.05) is 0 Å². The van der Waals surface area contributed by atoms with Gasteiger partial charge in [0.05, 0.1) is 31.7 Å². The van der Waals surface area contributed by atoms with Crippen molar-refractivity contribution in [1.82, 2.24) is 0 Å². The van der Waals surface area contributed by atoms with Crippen LogP contribution in [0.25, 0.3) is 0 Å². The molecular weight excluding hydrogens is 300 g/mol. The number of hydrogen-bond donors (Lipinski definition) is 0. The Balaban J connectivity index is 1.90. The van der Waals surface area contributed by atoms with Gasteiger partial charge in [-0.1, -0.05) is 52.0 Å². The number of epoxide rings is 1. The normalized spacial score (nSPS) is 23.6. The SMILES string of the molecule is C=COCCCCCC(CCCC)(OCC1CO1)C1CCCCC1. The van der Waals surface area contributed by atoms with Crippen molar-refractivity contribution in [2.24, 2.45) is 5.92 Å². The summed E-state index contributed by atoms with van der Waals surface area (Å²) in [4.78, 5) is 0. The van der Waals surface area contributed by atoms with Crippen molar-refractivity contribution in [3.63, 3.8) is 0 Å². The molecule has 3 nitrogen and oxygen atoms in total. The van der Waals surface area contributed by atoms with Crippen LogP contribution in [-0.2, 0) is 14.2 Å². The van der Waals surface area contributed by atoms with Crippen LogP contribution in [0, 0.1) is 5.92 Å². The molecule has 2 atom stereocenters. The largest absolute Gasteiger partial charge is 0.502 e. The summed E-state index contributed by atoms with van der Waals surface area (Å²) in [7, 11) is 0. The van der Waals surface area contributed by atoms with Crippen LogP contribution in [0.4, 0.5) is 0 Å². The van der Waals surface area contributed by atoms with Gasteiger partial charge in [0.1, 0.15) is 6.10 Å². The quantitative estimate of drug-likeness (QED) is 0.233. The molecule has 0 aromatic rings. The van der Waals surface area contributed by atoms with E-state index < -0.39 is 0 Å². The van der Waals surface area contributed by atoms with E-state index in [1.165, 1.54) is 70.6 Å². The van der Waals surface area contributed by atoms with Crippen molar-refractivity contribution in [3.05, 3.63) is 12.8 Å². The highest BCUT2D eigenvalue weighted by Gasteiger charge is 2.40. The average Bonchev–Trinajstić information content (AvgIpc) is 3.45. The molecule has 0 N–H and O–H groups in total. The van der Waals surface area contributed by atoms with Crippen molar-refractivity contribution in [1.29, 1.82) is 0 Å². The number of hydrogen-bond acceptors (Lipinski definition) is 3. The van der Waals surface area contributed by atoms with E-state index >= 15 is 0 Å². The highest BCUT2D eigenvalue weighted by atomic mass is 16.6. The predicted molar refractivity (Wildman–Crippen MR) is 99.1 cm³/mol. The van der Waals surface area contributed by atoms with Crippen molar-refractivity contribution < 1.29 is 14.2 Å². The van der Waals surface area contributed by atoms with Gasteiger partial charge in [0, 0.05) is 0 Å². The Morgan fingerprint density at radius 2 is 1.83 bits per heavy atom. The van der Waals surface area contributed by atoms with Crippen molar-refractivity contribution in [3.8, 4) is 0 Å². The van der Waals surface area contributed by atoms with Gasteiger partial charge in [0.15, 0.2) is 0 Å². The molecule has 2 fully saturated rings. The molecule has 0 radical (unpaired) electrons. The van der Waals surface area contributed by atoms with Crippen LogP contribution in [0.3, 0.4) is 0 Å². The maximum absolute atomic E-state index is 6.65. The van der Waals surface area contributed by atoms with Crippen molar-refractivity contribution >= 4 is 0 Å². The summed E-state index contributed by atoms with van der Waals surface area (Å²) in [5.41, 5.74) is 0.0989. The van der Waals surface area contributed by atoms with Gasteiger partial charge in [-0.25, -0.2) is 0 Å². The fourth-order valence-electron chi connectivity index (χ4n) is 4.19. The zero-order valence-corrected chi connectivity index (χ0v) is 15.8. The molecule has 0 aromatic carbocycles. The van der Waals surface area contributed by atoms with Gasteiger partial charge < -0.3 is 14.2 Å². The molecular formula is C21H38O3. The second-order valence-electron chi connectivity index (χ2n) is 7.62. The molecule has 0 spiro atoms. The summed E-state index contributed by atoms with van der Waals surface area (Å²) in [6.07, 6.45) is 17.4. The minimum Gasteiger partial charge on any atom is -0.502 e. The Labute approximate surface area is 149 Å². The molecule has 1 heterocycles. The zero-order valence-electron chi connectivity index (χ0n) is 15.8. The lowest BCUT2D eigenvalue weighted by atomic mass is 9.72. The Kier molecular flexibility index (Phi) is 9.19. The predicted octanol–water partition coefficient (Wildman–Crippen LogP) is 5.63. The van der Waals surface area contributed by atoms with Crippen LogP contribution in [0.2, 0.25) is 0 Å². The molecule has 0 aromatic heterocycles. The summed E-state index contributed by atoms with van der Waals surface area (Å²) in [5.74, 6) is 0.751. The molecule has 1 saturated heterocycles. The van der Waals surface area contributed by atoms with E-state index in [9.17, 15) is 0 Å². The van der Waals surface area contributed by atoms with Gasteiger partial charge in [-0.3, -0.25) is 0 Å². The van der Waals surface area contributed by atoms with Gasteiger partial charge in [0.25, 0.3) is 0 Å². The summed E-state index contributed by atoms with van der Waals surface area (Å²) in [5, 5.41) is 0. The fraction of sp³-hybridized carbons (Fsp3) is 0.905. The lowest BCUT2D eigenvalue weighted by Crippen LogP contribution is -2.43. The van der Waals surface area contributed by atoms with E-state index in [4.69, 9.17) is 14.2 Å². The third-order valence-electron chi connectivity index (χ3n) is 5.74. The van der Waals surface area contributed by atoms with Gasteiger partial charge in [-0.15, -0.1) is 0 Å². The van der Waals surface area contributed by atoms with Gasteiger partial charge >= 0.3 is 0 Å². The van der Waals surface area contributed by atoms with Crippen molar-refractivity contribution in [2.45, 2.75) is 95.7 Å². The minimum atomic E-state index is 0.0989. The Hall–Kier alpha value is -0.540. The van der Waals surface area contributed by atoms with E-state index in [0.717, 1.165) is 32.2 Å². The van der Waals surface area contributed by atoms with Crippen LogP contribution < -0.4 is 0 Å². The maximum Gasteiger partial charge on any atom is 0.104 e. The number of unbranched alkanes of at least 4 members (excludes halogenated alkanes) is 3. The summed E-state index contributed by atoms with van der Waals surface area (Å²) < 4.78 is 17.3. The molecule has 3 heteroatoms. The van der Waals surface area contributed by atoms with Crippen LogP contribution >= 0.6 is 0 Å². The Morgan fingerprint density at radius 1 is 1.08 bits per heavy atom. The van der Waals surface area contributed by atoms with E-state index in [-0.39, 0.29) is 5.60 Å². The topological polar surface area (TPSA) is 31.0 Å². The van der Waals surface area contributed by atoms with Crippen LogP contribution in [0.15, 0.2) is 12.8 Å².